The molecule has 0 aromatic rings. The molecule has 0 aliphatic heterocycles. The van der Waals surface area contributed by atoms with Crippen molar-refractivity contribution in [1.29, 1.82) is 0 Å². The second-order valence-electron chi connectivity index (χ2n) is 6.15. The zero-order valence-electron chi connectivity index (χ0n) is 11.4. The molecule has 0 amide bonds. The van der Waals surface area contributed by atoms with E-state index in [4.69, 9.17) is 0 Å². The fourth-order valence-corrected chi connectivity index (χ4v) is 3.94. The van der Waals surface area contributed by atoms with Gasteiger partial charge in [-0.3, -0.25) is 4.79 Å². The molecule has 2 fully saturated rings. The van der Waals surface area contributed by atoms with E-state index in [1.165, 1.54) is 70.6 Å². The van der Waals surface area contributed by atoms with Crippen LogP contribution in [0.5, 0.6) is 0 Å². The predicted octanol–water partition coefficient (Wildman–Crippen LogP) is 4.74. The van der Waals surface area contributed by atoms with E-state index in [0.29, 0.717) is 23.5 Å². The van der Waals surface area contributed by atoms with Crippen molar-refractivity contribution in [2.24, 2.45) is 17.8 Å². The Morgan fingerprint density at radius 1 is 0.882 bits per heavy atom. The molecule has 1 nitrogen and oxygen atoms in total. The van der Waals surface area contributed by atoms with Crippen LogP contribution in [0.15, 0.2) is 0 Å². The Morgan fingerprint density at radius 2 is 1.47 bits per heavy atom. The molecule has 0 heterocycles. The van der Waals surface area contributed by atoms with E-state index < -0.39 is 0 Å². The van der Waals surface area contributed by atoms with E-state index in [9.17, 15) is 4.79 Å². The number of carbonyl (C=O) groups is 1. The minimum absolute atomic E-state index is 0.426. The summed E-state index contributed by atoms with van der Waals surface area (Å²) in [5.74, 6) is 2.21. The first-order chi connectivity index (χ1) is 8.33. The van der Waals surface area contributed by atoms with Crippen molar-refractivity contribution < 1.29 is 4.79 Å². The van der Waals surface area contributed by atoms with E-state index in [-0.39, 0.29) is 0 Å². The molecule has 0 bridgehead atoms. The molecule has 2 unspecified atom stereocenters. The van der Waals surface area contributed by atoms with Gasteiger partial charge in [0.1, 0.15) is 5.78 Å². The average Bonchev–Trinajstić information content (AvgIpc) is 2.66. The Labute approximate surface area is 106 Å². The van der Waals surface area contributed by atoms with E-state index in [2.05, 4.69) is 6.92 Å². The molecule has 2 rings (SSSR count). The maximum atomic E-state index is 12.7. The van der Waals surface area contributed by atoms with Gasteiger partial charge in [0.2, 0.25) is 0 Å². The maximum Gasteiger partial charge on any atom is 0.139 e. The van der Waals surface area contributed by atoms with Gasteiger partial charge in [0.25, 0.3) is 0 Å². The molecule has 0 aromatic carbocycles. The lowest BCUT2D eigenvalue weighted by Gasteiger charge is -2.32. The molecule has 0 spiro atoms. The Hall–Kier alpha value is -0.330. The molecule has 98 valence electrons. The molecule has 0 radical (unpaired) electrons. The van der Waals surface area contributed by atoms with Gasteiger partial charge in [-0.25, -0.2) is 0 Å². The number of carbonyl (C=O) groups excluding carboxylic acids is 1. The molecule has 17 heavy (non-hydrogen) atoms. The van der Waals surface area contributed by atoms with Crippen molar-refractivity contribution in [3.8, 4) is 0 Å². The number of rotatable bonds is 3. The summed E-state index contributed by atoms with van der Waals surface area (Å²) in [5, 5.41) is 0. The average molecular weight is 236 g/mol. The number of ketones is 1. The van der Waals surface area contributed by atoms with Crippen LogP contribution in [-0.2, 0) is 4.79 Å². The van der Waals surface area contributed by atoms with Crippen molar-refractivity contribution in [2.75, 3.05) is 0 Å². The minimum Gasteiger partial charge on any atom is -0.299 e. The van der Waals surface area contributed by atoms with E-state index in [1.54, 1.807) is 0 Å². The summed E-state index contributed by atoms with van der Waals surface area (Å²) in [6, 6.07) is 0. The minimum atomic E-state index is 0.426. The van der Waals surface area contributed by atoms with Gasteiger partial charge < -0.3 is 0 Å². The molecular formula is C16H28O. The molecule has 2 aliphatic rings. The van der Waals surface area contributed by atoms with Gasteiger partial charge in [0, 0.05) is 11.8 Å². The topological polar surface area (TPSA) is 17.1 Å². The van der Waals surface area contributed by atoms with Gasteiger partial charge >= 0.3 is 0 Å². The normalized spacial score (nSPS) is 32.1. The molecule has 0 aromatic heterocycles. The van der Waals surface area contributed by atoms with Crippen LogP contribution < -0.4 is 0 Å². The van der Waals surface area contributed by atoms with Crippen LogP contribution >= 0.6 is 0 Å². The van der Waals surface area contributed by atoms with Crippen LogP contribution in [0, 0.1) is 17.8 Å². The maximum absolute atomic E-state index is 12.7. The Kier molecular flexibility index (Phi) is 5.06. The van der Waals surface area contributed by atoms with Gasteiger partial charge in [0.15, 0.2) is 0 Å². The van der Waals surface area contributed by atoms with Crippen LogP contribution in [0.1, 0.15) is 77.6 Å². The zero-order valence-corrected chi connectivity index (χ0v) is 11.4. The first kappa shape index (κ1) is 13.1. The summed E-state index contributed by atoms with van der Waals surface area (Å²) in [4.78, 5) is 12.7. The van der Waals surface area contributed by atoms with Crippen molar-refractivity contribution in [3.63, 3.8) is 0 Å². The Balaban J connectivity index is 1.96. The van der Waals surface area contributed by atoms with E-state index in [1.807, 2.05) is 0 Å². The Morgan fingerprint density at radius 3 is 2.12 bits per heavy atom. The molecular weight excluding hydrogens is 208 g/mol. The number of hydrogen-bond acceptors (Lipinski definition) is 1. The lowest BCUT2D eigenvalue weighted by atomic mass is 9.72. The van der Waals surface area contributed by atoms with Crippen LogP contribution in [0.4, 0.5) is 0 Å². The third-order valence-corrected chi connectivity index (χ3v) is 5.06. The van der Waals surface area contributed by atoms with Crippen molar-refractivity contribution in [2.45, 2.75) is 77.6 Å². The third-order valence-electron chi connectivity index (χ3n) is 5.06. The summed E-state index contributed by atoms with van der Waals surface area (Å²) in [7, 11) is 0. The van der Waals surface area contributed by atoms with E-state index >= 15 is 0 Å². The third kappa shape index (κ3) is 3.33. The standard InChI is InChI=1S/C16H28O/c1-2-13-9-7-8-12-15(13)16(17)14-10-5-3-4-6-11-14/h13-15H,2-12H2,1H3. The van der Waals surface area contributed by atoms with Gasteiger partial charge in [-0.1, -0.05) is 51.9 Å². The SMILES string of the molecule is CCC1CCCCC1C(=O)C1CCCCCC1. The summed E-state index contributed by atoms with van der Waals surface area (Å²) in [6.45, 7) is 2.27. The lowest BCUT2D eigenvalue weighted by molar-refractivity contribution is -0.130. The highest BCUT2D eigenvalue weighted by Crippen LogP contribution is 2.37. The fourth-order valence-electron chi connectivity index (χ4n) is 3.94. The second-order valence-corrected chi connectivity index (χ2v) is 6.15. The zero-order chi connectivity index (χ0) is 12.1. The summed E-state index contributed by atoms with van der Waals surface area (Å²) < 4.78 is 0. The van der Waals surface area contributed by atoms with Crippen LogP contribution in [0.2, 0.25) is 0 Å². The van der Waals surface area contributed by atoms with Gasteiger partial charge in [-0.15, -0.1) is 0 Å². The quantitative estimate of drug-likeness (QED) is 0.647. The predicted molar refractivity (Wildman–Crippen MR) is 71.9 cm³/mol. The molecule has 1 heteroatoms. The Bertz CT molecular complexity index is 238. The van der Waals surface area contributed by atoms with Crippen LogP contribution in [-0.4, -0.2) is 5.78 Å². The highest BCUT2D eigenvalue weighted by molar-refractivity contribution is 5.83. The smallest absolute Gasteiger partial charge is 0.139 e. The van der Waals surface area contributed by atoms with Gasteiger partial charge in [-0.2, -0.15) is 0 Å². The van der Waals surface area contributed by atoms with Gasteiger partial charge in [-0.05, 0) is 31.6 Å². The highest BCUT2D eigenvalue weighted by Gasteiger charge is 2.33. The van der Waals surface area contributed by atoms with E-state index in [0.717, 1.165) is 0 Å². The van der Waals surface area contributed by atoms with Crippen LogP contribution in [0.3, 0.4) is 0 Å². The van der Waals surface area contributed by atoms with Crippen molar-refractivity contribution >= 4 is 5.78 Å². The van der Waals surface area contributed by atoms with Crippen molar-refractivity contribution in [1.82, 2.24) is 0 Å². The summed E-state index contributed by atoms with van der Waals surface area (Å²) >= 11 is 0. The number of hydrogen-bond donors (Lipinski definition) is 0. The monoisotopic (exact) mass is 236 g/mol. The molecule has 0 saturated heterocycles. The second kappa shape index (κ2) is 6.56. The summed E-state index contributed by atoms with van der Waals surface area (Å²) in [5.41, 5.74) is 0. The molecule has 0 N–H and O–H groups in total. The van der Waals surface area contributed by atoms with Gasteiger partial charge in [0.05, 0.1) is 0 Å². The lowest BCUT2D eigenvalue weighted by Crippen LogP contribution is -2.31. The number of Topliss-reactive ketones (excluding diaryl/α,β-unsaturated/α-hetero) is 1. The molecule has 2 aliphatic carbocycles. The molecule has 2 saturated carbocycles. The first-order valence-corrected chi connectivity index (χ1v) is 7.86. The van der Waals surface area contributed by atoms with Crippen molar-refractivity contribution in [3.05, 3.63) is 0 Å². The largest absolute Gasteiger partial charge is 0.299 e. The van der Waals surface area contributed by atoms with Crippen LogP contribution in [0.25, 0.3) is 0 Å². The first-order valence-electron chi connectivity index (χ1n) is 7.86. The molecule has 2 atom stereocenters. The summed E-state index contributed by atoms with van der Waals surface area (Å²) in [6.07, 6.45) is 14.0. The highest BCUT2D eigenvalue weighted by atomic mass is 16.1. The fraction of sp³-hybridized carbons (Fsp3) is 0.938.